The van der Waals surface area contributed by atoms with Gasteiger partial charge >= 0.3 is 0 Å². The van der Waals surface area contributed by atoms with Crippen molar-refractivity contribution in [1.82, 2.24) is 10.6 Å². The standard InChI is InChI=1S/C12H15N3O3/c1-13-10(16)6-14-11-8-4-3-7(18-2)5-9(8)15-12(11)17/h3-5,11,14H,6H2,1-2H3,(H,13,16)(H,15,17). The van der Waals surface area contributed by atoms with Crippen LogP contribution in [0.15, 0.2) is 18.2 Å². The summed E-state index contributed by atoms with van der Waals surface area (Å²) in [5.74, 6) is 0.355. The molecule has 18 heavy (non-hydrogen) atoms. The van der Waals surface area contributed by atoms with Crippen LogP contribution in [0.1, 0.15) is 11.6 Å². The van der Waals surface area contributed by atoms with Gasteiger partial charge in [0, 0.05) is 24.4 Å². The van der Waals surface area contributed by atoms with Crippen molar-refractivity contribution in [2.24, 2.45) is 0 Å². The molecule has 0 saturated heterocycles. The molecule has 96 valence electrons. The number of carbonyl (C=O) groups excluding carboxylic acids is 2. The molecule has 0 radical (unpaired) electrons. The second kappa shape index (κ2) is 5.05. The first kappa shape index (κ1) is 12.4. The van der Waals surface area contributed by atoms with Crippen molar-refractivity contribution in [2.45, 2.75) is 6.04 Å². The van der Waals surface area contributed by atoms with E-state index in [4.69, 9.17) is 4.74 Å². The summed E-state index contributed by atoms with van der Waals surface area (Å²) in [6, 6.07) is 4.86. The van der Waals surface area contributed by atoms with E-state index in [1.165, 1.54) is 0 Å². The third-order valence-corrected chi connectivity index (χ3v) is 2.84. The highest BCUT2D eigenvalue weighted by molar-refractivity contribution is 6.03. The van der Waals surface area contributed by atoms with Gasteiger partial charge < -0.3 is 15.4 Å². The van der Waals surface area contributed by atoms with Crippen LogP contribution in [0.4, 0.5) is 5.69 Å². The van der Waals surface area contributed by atoms with Crippen LogP contribution in [0.5, 0.6) is 5.75 Å². The minimum atomic E-state index is -0.497. The number of amides is 2. The largest absolute Gasteiger partial charge is 0.497 e. The van der Waals surface area contributed by atoms with Crippen molar-refractivity contribution < 1.29 is 14.3 Å². The van der Waals surface area contributed by atoms with Gasteiger partial charge in [-0.3, -0.25) is 14.9 Å². The van der Waals surface area contributed by atoms with E-state index >= 15 is 0 Å². The molecule has 1 heterocycles. The van der Waals surface area contributed by atoms with Gasteiger partial charge in [-0.1, -0.05) is 6.07 Å². The monoisotopic (exact) mass is 249 g/mol. The lowest BCUT2D eigenvalue weighted by atomic mass is 10.1. The number of anilines is 1. The highest BCUT2D eigenvalue weighted by Crippen LogP contribution is 2.33. The summed E-state index contributed by atoms with van der Waals surface area (Å²) in [5, 5.41) is 8.15. The number of hydrogen-bond donors (Lipinski definition) is 3. The fraction of sp³-hybridized carbons (Fsp3) is 0.333. The van der Waals surface area contributed by atoms with E-state index in [-0.39, 0.29) is 18.4 Å². The topological polar surface area (TPSA) is 79.5 Å². The Morgan fingerprint density at radius 3 is 2.94 bits per heavy atom. The van der Waals surface area contributed by atoms with Gasteiger partial charge in [0.15, 0.2) is 0 Å². The molecule has 0 saturated carbocycles. The molecule has 3 N–H and O–H groups in total. The lowest BCUT2D eigenvalue weighted by molar-refractivity contribution is -0.120. The first-order valence-corrected chi connectivity index (χ1v) is 5.58. The molecule has 1 aliphatic heterocycles. The Labute approximate surface area is 105 Å². The summed E-state index contributed by atoms with van der Waals surface area (Å²) in [4.78, 5) is 22.9. The summed E-state index contributed by atoms with van der Waals surface area (Å²) in [5.41, 5.74) is 1.54. The molecule has 6 nitrogen and oxygen atoms in total. The maximum absolute atomic E-state index is 11.8. The van der Waals surface area contributed by atoms with E-state index < -0.39 is 6.04 Å². The highest BCUT2D eigenvalue weighted by atomic mass is 16.5. The molecule has 0 aliphatic carbocycles. The van der Waals surface area contributed by atoms with Crippen molar-refractivity contribution in [3.63, 3.8) is 0 Å². The van der Waals surface area contributed by atoms with Gasteiger partial charge in [-0.15, -0.1) is 0 Å². The van der Waals surface area contributed by atoms with Crippen LogP contribution in [-0.2, 0) is 9.59 Å². The van der Waals surface area contributed by atoms with Gasteiger partial charge in [0.2, 0.25) is 11.8 Å². The minimum absolute atomic E-state index is 0.0973. The van der Waals surface area contributed by atoms with Gasteiger partial charge in [0.05, 0.1) is 13.7 Å². The second-order valence-corrected chi connectivity index (χ2v) is 3.93. The third kappa shape index (κ3) is 2.28. The Hall–Kier alpha value is -2.08. The van der Waals surface area contributed by atoms with Crippen LogP contribution in [-0.4, -0.2) is 32.5 Å². The first-order chi connectivity index (χ1) is 8.65. The van der Waals surface area contributed by atoms with Crippen LogP contribution >= 0.6 is 0 Å². The van der Waals surface area contributed by atoms with Crippen molar-refractivity contribution in [1.29, 1.82) is 0 Å². The lowest BCUT2D eigenvalue weighted by Gasteiger charge is -2.10. The molecule has 1 aromatic rings. The molecule has 2 rings (SSSR count). The molecular formula is C12H15N3O3. The summed E-state index contributed by atoms with van der Waals surface area (Å²) >= 11 is 0. The summed E-state index contributed by atoms with van der Waals surface area (Å²) in [6.45, 7) is 0.0973. The molecule has 2 amide bonds. The fourth-order valence-corrected chi connectivity index (χ4v) is 1.85. The zero-order valence-electron chi connectivity index (χ0n) is 10.2. The number of fused-ring (bicyclic) bond motifs is 1. The maximum Gasteiger partial charge on any atom is 0.246 e. The quantitative estimate of drug-likeness (QED) is 0.703. The predicted octanol–water partition coefficient (Wildman–Crippen LogP) is 0.0240. The van der Waals surface area contributed by atoms with Gasteiger partial charge in [-0.05, 0) is 6.07 Å². The van der Waals surface area contributed by atoms with Crippen molar-refractivity contribution in [2.75, 3.05) is 26.0 Å². The SMILES string of the molecule is CNC(=O)CNC1C(=O)Nc2cc(OC)ccc21. The number of rotatable bonds is 4. The molecule has 1 unspecified atom stereocenters. The Morgan fingerprint density at radius 1 is 1.50 bits per heavy atom. The average Bonchev–Trinajstić information content (AvgIpc) is 2.70. The van der Waals surface area contributed by atoms with E-state index in [1.54, 1.807) is 26.3 Å². The van der Waals surface area contributed by atoms with Crippen LogP contribution in [0.25, 0.3) is 0 Å². The molecule has 0 aromatic heterocycles. The fourth-order valence-electron chi connectivity index (χ4n) is 1.85. The molecule has 1 atom stereocenters. The Balaban J connectivity index is 2.15. The van der Waals surface area contributed by atoms with Gasteiger partial charge in [-0.25, -0.2) is 0 Å². The zero-order valence-corrected chi connectivity index (χ0v) is 10.2. The normalized spacial score (nSPS) is 17.0. The number of nitrogens with one attached hydrogen (secondary N) is 3. The van der Waals surface area contributed by atoms with E-state index in [0.717, 1.165) is 5.56 Å². The van der Waals surface area contributed by atoms with Crippen molar-refractivity contribution in [3.05, 3.63) is 23.8 Å². The number of hydrogen-bond acceptors (Lipinski definition) is 4. The molecule has 0 spiro atoms. The zero-order chi connectivity index (χ0) is 13.1. The molecule has 0 bridgehead atoms. The molecular weight excluding hydrogens is 234 g/mol. The van der Waals surface area contributed by atoms with Crippen LogP contribution in [0, 0.1) is 0 Å². The maximum atomic E-state index is 11.8. The lowest BCUT2D eigenvalue weighted by Crippen LogP contribution is -2.36. The Bertz CT molecular complexity index is 487. The Morgan fingerprint density at radius 2 is 2.28 bits per heavy atom. The van der Waals surface area contributed by atoms with Crippen LogP contribution in [0.2, 0.25) is 0 Å². The molecule has 6 heteroatoms. The minimum Gasteiger partial charge on any atom is -0.497 e. The smallest absolute Gasteiger partial charge is 0.246 e. The average molecular weight is 249 g/mol. The number of benzene rings is 1. The predicted molar refractivity (Wildman–Crippen MR) is 66.4 cm³/mol. The Kier molecular flexibility index (Phi) is 3.47. The van der Waals surface area contributed by atoms with E-state index in [0.29, 0.717) is 11.4 Å². The number of ether oxygens (including phenoxy) is 1. The van der Waals surface area contributed by atoms with Crippen molar-refractivity contribution >= 4 is 17.5 Å². The van der Waals surface area contributed by atoms with E-state index in [9.17, 15) is 9.59 Å². The highest BCUT2D eigenvalue weighted by Gasteiger charge is 2.30. The number of likely N-dealkylation sites (N-methyl/N-ethyl adjacent to an activating group) is 1. The molecule has 1 aliphatic rings. The van der Waals surface area contributed by atoms with E-state index in [2.05, 4.69) is 16.0 Å². The molecule has 1 aromatic carbocycles. The summed E-state index contributed by atoms with van der Waals surface area (Å²) in [7, 11) is 3.12. The van der Waals surface area contributed by atoms with Gasteiger partial charge in [-0.2, -0.15) is 0 Å². The van der Waals surface area contributed by atoms with Crippen LogP contribution in [0.3, 0.4) is 0 Å². The molecule has 0 fully saturated rings. The summed E-state index contributed by atoms with van der Waals surface area (Å²) in [6.07, 6.45) is 0. The third-order valence-electron chi connectivity index (χ3n) is 2.84. The number of methoxy groups -OCH3 is 1. The first-order valence-electron chi connectivity index (χ1n) is 5.58. The van der Waals surface area contributed by atoms with E-state index in [1.807, 2.05) is 6.07 Å². The second-order valence-electron chi connectivity index (χ2n) is 3.93. The van der Waals surface area contributed by atoms with Gasteiger partial charge in [0.1, 0.15) is 11.8 Å². The van der Waals surface area contributed by atoms with Crippen molar-refractivity contribution in [3.8, 4) is 5.75 Å². The van der Waals surface area contributed by atoms with Gasteiger partial charge in [0.25, 0.3) is 0 Å². The number of carbonyl (C=O) groups is 2. The van der Waals surface area contributed by atoms with Crippen LogP contribution < -0.4 is 20.7 Å². The summed E-state index contributed by atoms with van der Waals surface area (Å²) < 4.78 is 5.09.